The second kappa shape index (κ2) is 37.0. The van der Waals surface area contributed by atoms with E-state index in [1.807, 2.05) is 0 Å². The zero-order valence-electron chi connectivity index (χ0n) is 39.3. The van der Waals surface area contributed by atoms with E-state index in [9.17, 15) is 45.3 Å². The first-order chi connectivity index (χ1) is 31.0. The van der Waals surface area contributed by atoms with E-state index in [2.05, 4.69) is 38.2 Å². The Labute approximate surface area is 383 Å². The normalized spacial score (nSPS) is 26.8. The fourth-order valence-corrected chi connectivity index (χ4v) is 7.73. The van der Waals surface area contributed by atoms with Crippen LogP contribution in [0.15, 0.2) is 24.3 Å². The van der Waals surface area contributed by atoms with E-state index in [4.69, 9.17) is 28.4 Å². The smallest absolute Gasteiger partial charge is 0.306 e. The summed E-state index contributed by atoms with van der Waals surface area (Å²) in [5, 5.41) is 72.0. The Bertz CT molecular complexity index is 1220. The fourth-order valence-electron chi connectivity index (χ4n) is 7.73. The number of ether oxygens (including phenoxy) is 6. The van der Waals surface area contributed by atoms with Gasteiger partial charge >= 0.3 is 11.9 Å². The van der Waals surface area contributed by atoms with Crippen LogP contribution in [-0.4, -0.2) is 142 Å². The highest BCUT2D eigenvalue weighted by Crippen LogP contribution is 2.26. The molecule has 2 fully saturated rings. The van der Waals surface area contributed by atoms with Gasteiger partial charge in [0.05, 0.1) is 19.8 Å². The van der Waals surface area contributed by atoms with Crippen molar-refractivity contribution < 1.29 is 73.8 Å². The summed E-state index contributed by atoms with van der Waals surface area (Å²) in [6.45, 7) is 2.55. The van der Waals surface area contributed by atoms with Crippen molar-refractivity contribution in [1.82, 2.24) is 0 Å². The van der Waals surface area contributed by atoms with Crippen LogP contribution in [0.5, 0.6) is 0 Å². The molecule has 15 heteroatoms. The monoisotopic (exact) mass is 917 g/mol. The molecule has 0 aromatic carbocycles. The van der Waals surface area contributed by atoms with Gasteiger partial charge in [0.2, 0.25) is 0 Å². The molecule has 2 heterocycles. The van der Waals surface area contributed by atoms with Crippen molar-refractivity contribution in [2.24, 2.45) is 0 Å². The van der Waals surface area contributed by atoms with Crippen molar-refractivity contribution in [2.45, 2.75) is 248 Å². The summed E-state index contributed by atoms with van der Waals surface area (Å²) in [5.41, 5.74) is 0. The molecule has 2 rings (SSSR count). The third-order valence-electron chi connectivity index (χ3n) is 11.9. The van der Waals surface area contributed by atoms with Gasteiger partial charge in [-0.1, -0.05) is 128 Å². The minimum absolute atomic E-state index is 0.158. The first-order valence-electron chi connectivity index (χ1n) is 24.9. The molecule has 0 amide bonds. The highest BCUT2D eigenvalue weighted by molar-refractivity contribution is 5.70. The maximum atomic E-state index is 13.0. The van der Waals surface area contributed by atoms with Gasteiger partial charge in [-0.25, -0.2) is 0 Å². The highest BCUT2D eigenvalue weighted by atomic mass is 16.7. The van der Waals surface area contributed by atoms with Gasteiger partial charge in [0.1, 0.15) is 55.4 Å². The Hall–Kier alpha value is -2.02. The Morgan fingerprint density at radius 2 is 0.891 bits per heavy atom. The van der Waals surface area contributed by atoms with Crippen molar-refractivity contribution in [3.8, 4) is 0 Å². The number of hydrogen-bond donors (Lipinski definition) is 7. The number of allylic oxidation sites excluding steroid dienone is 4. The number of esters is 2. The summed E-state index contributed by atoms with van der Waals surface area (Å²) < 4.78 is 33.5. The maximum Gasteiger partial charge on any atom is 0.306 e. The van der Waals surface area contributed by atoms with Crippen LogP contribution in [0, 0.1) is 0 Å². The standard InChI is InChI=1S/C49H88O15/c1-3-5-7-9-11-13-15-17-18-20-22-24-26-28-30-32-41(52)62-37(34-59-40(51)31-29-27-25-23-21-19-16-14-12-10-8-6-4-2)35-60-48-47(58)45(56)43(54)39(64-48)36-61-49-46(57)44(55)42(53)38(33-50)63-49/h13,15,19,21,37-39,42-50,53-58H,3-12,14,16-18,20,22-36H2,1-2H3/b15-13+,21-19+/t37-,38-,39-,42+,43+,44?,45?,46?,47?,48-,49-/m1/s1. The number of unbranched alkanes of at least 4 members (excludes halogenated alkanes) is 20. The Kier molecular flexibility index (Phi) is 33.6. The third-order valence-corrected chi connectivity index (χ3v) is 11.9. The topological polar surface area (TPSA) is 231 Å². The molecule has 2 saturated heterocycles. The average Bonchev–Trinajstić information content (AvgIpc) is 3.29. The first kappa shape index (κ1) is 58.1. The molecule has 64 heavy (non-hydrogen) atoms. The summed E-state index contributed by atoms with van der Waals surface area (Å²) in [6.07, 6.45) is 19.2. The second-order valence-electron chi connectivity index (χ2n) is 17.6. The predicted molar refractivity (Wildman–Crippen MR) is 243 cm³/mol. The Morgan fingerprint density at radius 1 is 0.484 bits per heavy atom. The maximum absolute atomic E-state index is 13.0. The van der Waals surface area contributed by atoms with E-state index in [1.54, 1.807) is 0 Å². The van der Waals surface area contributed by atoms with Gasteiger partial charge in [0.15, 0.2) is 18.7 Å². The van der Waals surface area contributed by atoms with Crippen LogP contribution in [0.2, 0.25) is 0 Å². The van der Waals surface area contributed by atoms with Crippen molar-refractivity contribution in [2.75, 3.05) is 26.4 Å². The average molecular weight is 917 g/mol. The van der Waals surface area contributed by atoms with E-state index in [0.717, 1.165) is 57.8 Å². The third kappa shape index (κ3) is 25.2. The lowest BCUT2D eigenvalue weighted by Crippen LogP contribution is -2.61. The molecule has 2 aliphatic rings. The Balaban J connectivity index is 1.83. The molecule has 0 saturated carbocycles. The van der Waals surface area contributed by atoms with E-state index in [-0.39, 0.29) is 26.1 Å². The number of aliphatic hydroxyl groups is 7. The molecular weight excluding hydrogens is 829 g/mol. The lowest BCUT2D eigenvalue weighted by molar-refractivity contribution is -0.332. The molecule has 0 spiro atoms. The summed E-state index contributed by atoms with van der Waals surface area (Å²) in [4.78, 5) is 25.7. The first-order valence-corrected chi connectivity index (χ1v) is 24.9. The van der Waals surface area contributed by atoms with Gasteiger partial charge in [0.25, 0.3) is 0 Å². The molecule has 4 unspecified atom stereocenters. The van der Waals surface area contributed by atoms with E-state index in [1.165, 1.54) is 83.5 Å². The molecule has 7 N–H and O–H groups in total. The number of rotatable bonds is 38. The van der Waals surface area contributed by atoms with Crippen molar-refractivity contribution >= 4 is 11.9 Å². The second-order valence-corrected chi connectivity index (χ2v) is 17.6. The lowest BCUT2D eigenvalue weighted by atomic mass is 9.98. The van der Waals surface area contributed by atoms with Gasteiger partial charge in [-0.3, -0.25) is 9.59 Å². The van der Waals surface area contributed by atoms with Crippen molar-refractivity contribution in [3.63, 3.8) is 0 Å². The van der Waals surface area contributed by atoms with Crippen LogP contribution in [0.25, 0.3) is 0 Å². The number of carbonyl (C=O) groups excluding carboxylic acids is 2. The molecule has 0 radical (unpaired) electrons. The van der Waals surface area contributed by atoms with Crippen molar-refractivity contribution in [3.05, 3.63) is 24.3 Å². The summed E-state index contributed by atoms with van der Waals surface area (Å²) >= 11 is 0. The van der Waals surface area contributed by atoms with Crippen LogP contribution in [-0.2, 0) is 38.0 Å². The molecule has 374 valence electrons. The van der Waals surface area contributed by atoms with Gasteiger partial charge in [-0.05, 0) is 64.2 Å². The van der Waals surface area contributed by atoms with Gasteiger partial charge in [-0.15, -0.1) is 0 Å². The molecule has 0 aromatic heterocycles. The number of hydrogen-bond acceptors (Lipinski definition) is 15. The zero-order valence-corrected chi connectivity index (χ0v) is 39.3. The van der Waals surface area contributed by atoms with Crippen molar-refractivity contribution in [1.29, 1.82) is 0 Å². The van der Waals surface area contributed by atoms with E-state index in [0.29, 0.717) is 12.8 Å². The van der Waals surface area contributed by atoms with Gasteiger partial charge in [0, 0.05) is 12.8 Å². The summed E-state index contributed by atoms with van der Waals surface area (Å²) in [6, 6.07) is 0. The van der Waals surface area contributed by atoms with Crippen LogP contribution >= 0.6 is 0 Å². The fraction of sp³-hybridized carbons (Fsp3) is 0.878. The molecule has 0 aromatic rings. The Morgan fingerprint density at radius 3 is 1.41 bits per heavy atom. The van der Waals surface area contributed by atoms with Crippen LogP contribution in [0.1, 0.15) is 181 Å². The molecule has 11 atom stereocenters. The molecule has 0 bridgehead atoms. The minimum atomic E-state index is -1.77. The largest absolute Gasteiger partial charge is 0.462 e. The molecular formula is C49H88O15. The predicted octanol–water partition coefficient (Wildman–Crippen LogP) is 6.38. The van der Waals surface area contributed by atoms with Crippen LogP contribution in [0.4, 0.5) is 0 Å². The SMILES string of the molecule is CCCCCC/C=C/CCCCCCCCCC(=O)O[C@H](COC(=O)CCCCC/C=C/CCCCCCCC)CO[C@@H]1O[C@H](CO[C@@H]2O[C@H](CO)[C@H](O)C(O)C2O)[C@H](O)C(O)C1O. The summed E-state index contributed by atoms with van der Waals surface area (Å²) in [5.74, 6) is -0.946. The summed E-state index contributed by atoms with van der Waals surface area (Å²) in [7, 11) is 0. The molecule has 15 nitrogen and oxygen atoms in total. The highest BCUT2D eigenvalue weighted by Gasteiger charge is 2.47. The molecule has 0 aliphatic carbocycles. The lowest BCUT2D eigenvalue weighted by Gasteiger charge is -2.42. The van der Waals surface area contributed by atoms with Crippen LogP contribution < -0.4 is 0 Å². The van der Waals surface area contributed by atoms with Crippen LogP contribution in [0.3, 0.4) is 0 Å². The quantitative estimate of drug-likeness (QED) is 0.0203. The zero-order chi connectivity index (χ0) is 46.8. The minimum Gasteiger partial charge on any atom is -0.462 e. The number of aliphatic hydroxyl groups excluding tert-OH is 7. The van der Waals surface area contributed by atoms with E-state index < -0.39 is 92.7 Å². The van der Waals surface area contributed by atoms with Gasteiger partial charge < -0.3 is 64.2 Å². The number of carbonyl (C=O) groups is 2. The van der Waals surface area contributed by atoms with E-state index >= 15 is 0 Å². The molecule has 2 aliphatic heterocycles. The van der Waals surface area contributed by atoms with Gasteiger partial charge in [-0.2, -0.15) is 0 Å².